The Balaban J connectivity index is 1.43. The highest BCUT2D eigenvalue weighted by Gasteiger charge is 2.25. The van der Waals surface area contributed by atoms with E-state index in [1.807, 2.05) is 38.1 Å². The number of H-pyrrole nitrogens is 1. The molecule has 150 valence electrons. The molecule has 0 aliphatic carbocycles. The molecule has 0 spiro atoms. The number of hydrogen-bond donors (Lipinski definition) is 1. The monoisotopic (exact) mass is 390 g/mol. The molecule has 0 bridgehead atoms. The van der Waals surface area contributed by atoms with Gasteiger partial charge in [-0.1, -0.05) is 12.1 Å². The number of aromatic nitrogens is 3. The minimum absolute atomic E-state index is 0.110. The SMILES string of the molecule is CC(C)Oc1ccc(CN2CCC(c3cc(=O)[nH]c(-c4ccncc4)n3)C2)cc1. The standard InChI is InChI=1S/C23H26N4O2/c1-16(2)29-20-5-3-17(4-6-20)14-27-12-9-19(15-27)21-13-22(28)26-23(25-21)18-7-10-24-11-8-18/h3-8,10-11,13,16,19H,9,12,14-15H2,1-2H3,(H,25,26,28). The topological polar surface area (TPSA) is 71.1 Å². The van der Waals surface area contributed by atoms with E-state index in [-0.39, 0.29) is 17.6 Å². The lowest BCUT2D eigenvalue weighted by Gasteiger charge is -2.17. The van der Waals surface area contributed by atoms with Crippen LogP contribution in [0.25, 0.3) is 11.4 Å². The van der Waals surface area contributed by atoms with E-state index in [1.165, 1.54) is 5.56 Å². The zero-order valence-electron chi connectivity index (χ0n) is 16.8. The first-order chi connectivity index (χ1) is 14.1. The van der Waals surface area contributed by atoms with E-state index in [9.17, 15) is 4.79 Å². The molecule has 2 aromatic heterocycles. The Morgan fingerprint density at radius 1 is 1.17 bits per heavy atom. The Labute approximate surface area is 170 Å². The lowest BCUT2D eigenvalue weighted by Crippen LogP contribution is -2.20. The van der Waals surface area contributed by atoms with Crippen LogP contribution in [0.15, 0.2) is 59.7 Å². The van der Waals surface area contributed by atoms with Crippen molar-refractivity contribution in [1.29, 1.82) is 0 Å². The van der Waals surface area contributed by atoms with Crippen LogP contribution in [0.4, 0.5) is 0 Å². The summed E-state index contributed by atoms with van der Waals surface area (Å²) in [6.45, 7) is 6.84. The van der Waals surface area contributed by atoms with Gasteiger partial charge < -0.3 is 9.72 Å². The molecular weight excluding hydrogens is 364 g/mol. The Hall–Kier alpha value is -2.99. The lowest BCUT2D eigenvalue weighted by atomic mass is 10.0. The van der Waals surface area contributed by atoms with E-state index >= 15 is 0 Å². The third kappa shape index (κ3) is 4.90. The molecule has 3 heterocycles. The smallest absolute Gasteiger partial charge is 0.251 e. The average molecular weight is 390 g/mol. The molecule has 3 aromatic rings. The van der Waals surface area contributed by atoms with E-state index in [2.05, 4.69) is 27.0 Å². The van der Waals surface area contributed by atoms with Crippen LogP contribution in [0, 0.1) is 0 Å². The predicted octanol–water partition coefficient (Wildman–Crippen LogP) is 3.61. The van der Waals surface area contributed by atoms with Gasteiger partial charge in [0.1, 0.15) is 11.6 Å². The maximum atomic E-state index is 12.2. The number of benzene rings is 1. The Morgan fingerprint density at radius 2 is 1.93 bits per heavy atom. The van der Waals surface area contributed by atoms with Gasteiger partial charge in [0.05, 0.1) is 11.8 Å². The molecule has 1 atom stereocenters. The van der Waals surface area contributed by atoms with Gasteiger partial charge in [-0.2, -0.15) is 0 Å². The van der Waals surface area contributed by atoms with Gasteiger partial charge in [-0.3, -0.25) is 14.7 Å². The van der Waals surface area contributed by atoms with Gasteiger partial charge in [-0.05, 0) is 56.6 Å². The van der Waals surface area contributed by atoms with Gasteiger partial charge in [-0.25, -0.2) is 4.98 Å². The second kappa shape index (κ2) is 8.57. The summed E-state index contributed by atoms with van der Waals surface area (Å²) in [7, 11) is 0. The predicted molar refractivity (Wildman–Crippen MR) is 113 cm³/mol. The van der Waals surface area contributed by atoms with Crippen LogP contribution in [0.1, 0.15) is 37.4 Å². The summed E-state index contributed by atoms with van der Waals surface area (Å²) in [5, 5.41) is 0. The summed E-state index contributed by atoms with van der Waals surface area (Å²) < 4.78 is 5.71. The molecule has 1 saturated heterocycles. The maximum absolute atomic E-state index is 12.2. The second-order valence-corrected chi connectivity index (χ2v) is 7.79. The highest BCUT2D eigenvalue weighted by molar-refractivity contribution is 5.53. The minimum Gasteiger partial charge on any atom is -0.491 e. The quantitative estimate of drug-likeness (QED) is 0.696. The fourth-order valence-corrected chi connectivity index (χ4v) is 3.75. The van der Waals surface area contributed by atoms with Crippen molar-refractivity contribution in [2.24, 2.45) is 0 Å². The molecule has 1 aromatic carbocycles. The second-order valence-electron chi connectivity index (χ2n) is 7.79. The van der Waals surface area contributed by atoms with E-state index in [4.69, 9.17) is 9.72 Å². The first-order valence-electron chi connectivity index (χ1n) is 10.1. The minimum atomic E-state index is -0.110. The number of nitrogens with zero attached hydrogens (tertiary/aromatic N) is 3. The Morgan fingerprint density at radius 3 is 2.66 bits per heavy atom. The number of pyridine rings is 1. The Kier molecular flexibility index (Phi) is 5.71. The summed E-state index contributed by atoms with van der Waals surface area (Å²) in [5.41, 5.74) is 2.89. The van der Waals surface area contributed by atoms with E-state index in [1.54, 1.807) is 18.5 Å². The third-order valence-electron chi connectivity index (χ3n) is 5.11. The molecule has 0 saturated carbocycles. The van der Waals surface area contributed by atoms with Crippen molar-refractivity contribution in [3.05, 3.63) is 76.5 Å². The van der Waals surface area contributed by atoms with E-state index < -0.39 is 0 Å². The number of nitrogens with one attached hydrogen (secondary N) is 1. The van der Waals surface area contributed by atoms with Crippen molar-refractivity contribution in [2.45, 2.75) is 38.8 Å². The van der Waals surface area contributed by atoms with E-state index in [0.717, 1.165) is 43.1 Å². The summed E-state index contributed by atoms with van der Waals surface area (Å²) in [4.78, 5) is 26.2. The van der Waals surface area contributed by atoms with Crippen LogP contribution in [0.2, 0.25) is 0 Å². The lowest BCUT2D eigenvalue weighted by molar-refractivity contribution is 0.242. The largest absolute Gasteiger partial charge is 0.491 e. The zero-order valence-corrected chi connectivity index (χ0v) is 16.8. The number of rotatable bonds is 6. The van der Waals surface area contributed by atoms with Crippen molar-refractivity contribution in [3.8, 4) is 17.1 Å². The van der Waals surface area contributed by atoms with Crippen molar-refractivity contribution in [1.82, 2.24) is 19.9 Å². The first-order valence-corrected chi connectivity index (χ1v) is 10.1. The summed E-state index contributed by atoms with van der Waals surface area (Å²) >= 11 is 0. The molecule has 1 N–H and O–H groups in total. The molecule has 1 aliphatic heterocycles. The van der Waals surface area contributed by atoms with Crippen molar-refractivity contribution in [2.75, 3.05) is 13.1 Å². The highest BCUT2D eigenvalue weighted by atomic mass is 16.5. The number of likely N-dealkylation sites (tertiary alicyclic amines) is 1. The van der Waals surface area contributed by atoms with Crippen LogP contribution in [0.5, 0.6) is 5.75 Å². The average Bonchev–Trinajstić information content (AvgIpc) is 3.18. The van der Waals surface area contributed by atoms with Crippen molar-refractivity contribution < 1.29 is 4.74 Å². The molecular formula is C23H26N4O2. The fraction of sp³-hybridized carbons (Fsp3) is 0.348. The molecule has 4 rings (SSSR count). The van der Waals surface area contributed by atoms with Crippen LogP contribution < -0.4 is 10.3 Å². The zero-order chi connectivity index (χ0) is 20.2. The van der Waals surface area contributed by atoms with Crippen molar-refractivity contribution >= 4 is 0 Å². The van der Waals surface area contributed by atoms with Crippen LogP contribution in [-0.2, 0) is 6.54 Å². The summed E-state index contributed by atoms with van der Waals surface area (Å²) in [6.07, 6.45) is 4.59. The molecule has 1 aliphatic rings. The van der Waals surface area contributed by atoms with Gasteiger partial charge in [0.2, 0.25) is 0 Å². The molecule has 6 heteroatoms. The van der Waals surface area contributed by atoms with E-state index in [0.29, 0.717) is 5.82 Å². The molecule has 1 unspecified atom stereocenters. The number of ether oxygens (including phenoxy) is 1. The molecule has 0 radical (unpaired) electrons. The Bertz CT molecular complexity index is 999. The van der Waals surface area contributed by atoms with Gasteiger partial charge in [0.25, 0.3) is 5.56 Å². The van der Waals surface area contributed by atoms with Crippen molar-refractivity contribution in [3.63, 3.8) is 0 Å². The van der Waals surface area contributed by atoms with Gasteiger partial charge in [0, 0.05) is 43.0 Å². The van der Waals surface area contributed by atoms with Gasteiger partial charge in [-0.15, -0.1) is 0 Å². The third-order valence-corrected chi connectivity index (χ3v) is 5.11. The molecule has 1 fully saturated rings. The molecule has 29 heavy (non-hydrogen) atoms. The fourth-order valence-electron chi connectivity index (χ4n) is 3.75. The molecule has 0 amide bonds. The van der Waals surface area contributed by atoms with Gasteiger partial charge >= 0.3 is 0 Å². The number of aromatic amines is 1. The first kappa shape index (κ1) is 19.3. The van der Waals surface area contributed by atoms with Crippen LogP contribution in [0.3, 0.4) is 0 Å². The number of hydrogen-bond acceptors (Lipinski definition) is 5. The maximum Gasteiger partial charge on any atom is 0.251 e. The molecule has 6 nitrogen and oxygen atoms in total. The summed E-state index contributed by atoms with van der Waals surface area (Å²) in [5.74, 6) is 1.77. The van der Waals surface area contributed by atoms with Crippen LogP contribution >= 0.6 is 0 Å². The van der Waals surface area contributed by atoms with Gasteiger partial charge in [0.15, 0.2) is 0 Å². The summed E-state index contributed by atoms with van der Waals surface area (Å²) in [6, 6.07) is 13.7. The highest BCUT2D eigenvalue weighted by Crippen LogP contribution is 2.27. The van der Waals surface area contributed by atoms with Crippen LogP contribution in [-0.4, -0.2) is 39.0 Å². The normalized spacial score (nSPS) is 17.0.